The Morgan fingerprint density at radius 3 is 2.44 bits per heavy atom. The zero-order chi connectivity index (χ0) is 17.8. The van der Waals surface area contributed by atoms with E-state index in [9.17, 15) is 14.7 Å². The molecule has 3 rings (SSSR count). The lowest BCUT2D eigenvalue weighted by Crippen LogP contribution is -2.39. The highest BCUT2D eigenvalue weighted by Crippen LogP contribution is 2.27. The Labute approximate surface area is 145 Å². The molecule has 0 saturated carbocycles. The van der Waals surface area contributed by atoms with Crippen LogP contribution in [0.1, 0.15) is 18.0 Å². The van der Waals surface area contributed by atoms with Crippen molar-refractivity contribution < 1.29 is 19.4 Å². The molecule has 0 fully saturated rings. The van der Waals surface area contributed by atoms with Crippen LogP contribution >= 0.6 is 0 Å². The van der Waals surface area contributed by atoms with Crippen LogP contribution in [0.2, 0.25) is 0 Å². The van der Waals surface area contributed by atoms with E-state index >= 15 is 0 Å². The van der Waals surface area contributed by atoms with E-state index in [1.165, 1.54) is 0 Å². The molecule has 3 N–H and O–H groups in total. The lowest BCUT2D eigenvalue weighted by Gasteiger charge is -2.25. The summed E-state index contributed by atoms with van der Waals surface area (Å²) in [5, 5.41) is 15.6. The van der Waals surface area contributed by atoms with Crippen LogP contribution in [0.15, 0.2) is 65.9 Å². The minimum absolute atomic E-state index is 0.168. The molecule has 2 aromatic rings. The van der Waals surface area contributed by atoms with E-state index in [0.717, 1.165) is 5.56 Å². The summed E-state index contributed by atoms with van der Waals surface area (Å²) in [7, 11) is 1.55. The Balaban J connectivity index is 1.76. The predicted octanol–water partition coefficient (Wildman–Crippen LogP) is 2.71. The Bertz CT molecular complexity index is 813. The monoisotopic (exact) mass is 338 g/mol. The van der Waals surface area contributed by atoms with Gasteiger partial charge < -0.3 is 20.5 Å². The van der Waals surface area contributed by atoms with Gasteiger partial charge >= 0.3 is 0 Å². The number of nitrogens with one attached hydrogen (secondary N) is 2. The van der Waals surface area contributed by atoms with E-state index in [2.05, 4.69) is 10.6 Å². The predicted molar refractivity (Wildman–Crippen MR) is 93.2 cm³/mol. The summed E-state index contributed by atoms with van der Waals surface area (Å²) in [5.41, 5.74) is 1.11. The van der Waals surface area contributed by atoms with E-state index in [4.69, 9.17) is 4.74 Å². The maximum atomic E-state index is 12.4. The Morgan fingerprint density at radius 2 is 1.84 bits per heavy atom. The Hall–Kier alpha value is -3.28. The summed E-state index contributed by atoms with van der Waals surface area (Å²) in [4.78, 5) is 24.7. The number of methoxy groups -OCH3 is 1. The molecule has 6 nitrogen and oxygen atoms in total. The molecule has 0 bridgehead atoms. The number of carbonyl (C=O) groups excluding carboxylic acids is 2. The Kier molecular flexibility index (Phi) is 4.70. The highest BCUT2D eigenvalue weighted by molar-refractivity contribution is 6.23. The van der Waals surface area contributed by atoms with Crippen LogP contribution in [0.3, 0.4) is 0 Å². The van der Waals surface area contributed by atoms with Gasteiger partial charge in [-0.3, -0.25) is 9.59 Å². The molecule has 1 atom stereocenters. The molecule has 25 heavy (non-hydrogen) atoms. The van der Waals surface area contributed by atoms with Crippen LogP contribution in [0.5, 0.6) is 5.75 Å². The normalized spacial score (nSPS) is 17.0. The average molecular weight is 338 g/mol. The highest BCUT2D eigenvalue weighted by atomic mass is 16.5. The molecule has 6 heteroatoms. The molecule has 0 saturated heterocycles. The van der Waals surface area contributed by atoms with Crippen LogP contribution < -0.4 is 15.4 Å². The van der Waals surface area contributed by atoms with Gasteiger partial charge in [0, 0.05) is 12.1 Å². The van der Waals surface area contributed by atoms with Gasteiger partial charge in [-0.2, -0.15) is 0 Å². The SMILES string of the molecule is COc1ccc(NC(=O)C2=C(O)CC(c3ccccc3)NC2=O)cc1. The molecule has 0 radical (unpaired) electrons. The van der Waals surface area contributed by atoms with Crippen molar-refractivity contribution in [1.82, 2.24) is 5.32 Å². The highest BCUT2D eigenvalue weighted by Gasteiger charge is 2.32. The number of ether oxygens (including phenoxy) is 1. The molecule has 1 heterocycles. The standard InChI is InChI=1S/C19H18N2O4/c1-25-14-9-7-13(8-10-14)20-18(23)17-16(22)11-15(21-19(17)24)12-5-3-2-4-6-12/h2-10,15,22H,11H2,1H3,(H,20,23)(H,21,24). The molecule has 0 spiro atoms. The van der Waals surface area contributed by atoms with E-state index in [1.807, 2.05) is 30.3 Å². The molecular weight excluding hydrogens is 320 g/mol. The zero-order valence-corrected chi connectivity index (χ0v) is 13.7. The fourth-order valence-corrected chi connectivity index (χ4v) is 2.70. The van der Waals surface area contributed by atoms with E-state index < -0.39 is 11.8 Å². The average Bonchev–Trinajstić information content (AvgIpc) is 2.62. The summed E-state index contributed by atoms with van der Waals surface area (Å²) in [6.45, 7) is 0. The van der Waals surface area contributed by atoms with Gasteiger partial charge in [-0.1, -0.05) is 30.3 Å². The maximum Gasteiger partial charge on any atom is 0.264 e. The number of amides is 2. The second-order valence-electron chi connectivity index (χ2n) is 5.65. The minimum Gasteiger partial charge on any atom is -0.511 e. The van der Waals surface area contributed by atoms with Gasteiger partial charge in [0.15, 0.2) is 0 Å². The van der Waals surface area contributed by atoms with Crippen molar-refractivity contribution >= 4 is 17.5 Å². The number of anilines is 1. The Morgan fingerprint density at radius 1 is 1.16 bits per heavy atom. The molecule has 1 unspecified atom stereocenters. The van der Waals surface area contributed by atoms with Gasteiger partial charge in [-0.05, 0) is 29.8 Å². The lowest BCUT2D eigenvalue weighted by molar-refractivity contribution is -0.123. The fourth-order valence-electron chi connectivity index (χ4n) is 2.70. The fraction of sp³-hybridized carbons (Fsp3) is 0.158. The van der Waals surface area contributed by atoms with Crippen LogP contribution in [-0.4, -0.2) is 24.0 Å². The van der Waals surface area contributed by atoms with Crippen LogP contribution in [0.25, 0.3) is 0 Å². The van der Waals surface area contributed by atoms with Crippen molar-refractivity contribution in [2.45, 2.75) is 12.5 Å². The van der Waals surface area contributed by atoms with Crippen molar-refractivity contribution in [1.29, 1.82) is 0 Å². The van der Waals surface area contributed by atoms with Gasteiger partial charge in [0.05, 0.1) is 13.2 Å². The third kappa shape index (κ3) is 3.63. The third-order valence-corrected chi connectivity index (χ3v) is 4.00. The zero-order valence-electron chi connectivity index (χ0n) is 13.7. The van der Waals surface area contributed by atoms with Gasteiger partial charge in [0.1, 0.15) is 17.1 Å². The largest absolute Gasteiger partial charge is 0.511 e. The summed E-state index contributed by atoms with van der Waals surface area (Å²) in [6, 6.07) is 15.6. The van der Waals surface area contributed by atoms with E-state index in [1.54, 1.807) is 31.4 Å². The summed E-state index contributed by atoms with van der Waals surface area (Å²) < 4.78 is 5.05. The molecule has 0 aliphatic carbocycles. The van der Waals surface area contributed by atoms with Gasteiger partial charge in [0.2, 0.25) is 0 Å². The number of hydrogen-bond donors (Lipinski definition) is 3. The molecule has 128 valence electrons. The summed E-state index contributed by atoms with van der Waals surface area (Å²) in [6.07, 6.45) is 0.168. The second kappa shape index (κ2) is 7.09. The van der Waals surface area contributed by atoms with Gasteiger partial charge in [-0.25, -0.2) is 0 Å². The first-order chi connectivity index (χ1) is 12.1. The van der Waals surface area contributed by atoms with Crippen LogP contribution in [-0.2, 0) is 9.59 Å². The first-order valence-corrected chi connectivity index (χ1v) is 7.82. The molecule has 2 amide bonds. The molecular formula is C19H18N2O4. The number of carbonyl (C=O) groups is 2. The third-order valence-electron chi connectivity index (χ3n) is 4.00. The first-order valence-electron chi connectivity index (χ1n) is 7.82. The number of aliphatic hydroxyl groups is 1. The topological polar surface area (TPSA) is 87.7 Å². The molecule has 2 aromatic carbocycles. The smallest absolute Gasteiger partial charge is 0.264 e. The van der Waals surface area contributed by atoms with Crippen molar-refractivity contribution in [3.8, 4) is 5.75 Å². The maximum absolute atomic E-state index is 12.4. The van der Waals surface area contributed by atoms with Crippen molar-refractivity contribution in [2.75, 3.05) is 12.4 Å². The number of rotatable bonds is 4. The van der Waals surface area contributed by atoms with Crippen molar-refractivity contribution in [2.24, 2.45) is 0 Å². The number of benzene rings is 2. The van der Waals surface area contributed by atoms with E-state index in [0.29, 0.717) is 11.4 Å². The molecule has 1 aliphatic rings. The van der Waals surface area contributed by atoms with Gasteiger partial charge in [-0.15, -0.1) is 0 Å². The van der Waals surface area contributed by atoms with Crippen molar-refractivity contribution in [3.63, 3.8) is 0 Å². The summed E-state index contributed by atoms with van der Waals surface area (Å²) >= 11 is 0. The second-order valence-corrected chi connectivity index (χ2v) is 5.65. The van der Waals surface area contributed by atoms with Gasteiger partial charge in [0.25, 0.3) is 11.8 Å². The van der Waals surface area contributed by atoms with Crippen molar-refractivity contribution in [3.05, 3.63) is 71.5 Å². The lowest BCUT2D eigenvalue weighted by atomic mass is 9.96. The number of aliphatic hydroxyl groups excluding tert-OH is 1. The minimum atomic E-state index is -0.647. The first kappa shape index (κ1) is 16.6. The van der Waals surface area contributed by atoms with Crippen LogP contribution in [0.4, 0.5) is 5.69 Å². The summed E-state index contributed by atoms with van der Waals surface area (Å²) in [5.74, 6) is -0.805. The molecule has 0 aromatic heterocycles. The van der Waals surface area contributed by atoms with E-state index in [-0.39, 0.29) is 23.8 Å². The molecule has 1 aliphatic heterocycles. The van der Waals surface area contributed by atoms with Crippen LogP contribution in [0, 0.1) is 0 Å². The number of hydrogen-bond acceptors (Lipinski definition) is 4. The quantitative estimate of drug-likeness (QED) is 0.748.